The van der Waals surface area contributed by atoms with Gasteiger partial charge in [-0.1, -0.05) is 40.0 Å². The van der Waals surface area contributed by atoms with Gasteiger partial charge in [-0.15, -0.1) is 0 Å². The fourth-order valence-electron chi connectivity index (χ4n) is 0.985. The summed E-state index contributed by atoms with van der Waals surface area (Å²) in [6.45, 7) is 5.50. The molecule has 4 heteroatoms. The van der Waals surface area contributed by atoms with Gasteiger partial charge >= 0.3 is 8.80 Å². The molecule has 0 heterocycles. The zero-order valence-electron chi connectivity index (χ0n) is 8.17. The summed E-state index contributed by atoms with van der Waals surface area (Å²) in [5, 5.41) is -0.706. The number of hydrogen-bond donors (Lipinski definition) is 3. The molecule has 0 aliphatic rings. The summed E-state index contributed by atoms with van der Waals surface area (Å²) in [6.07, 6.45) is 3.80. The third kappa shape index (κ3) is 3.67. The van der Waals surface area contributed by atoms with Crippen molar-refractivity contribution < 1.29 is 14.4 Å². The van der Waals surface area contributed by atoms with Gasteiger partial charge in [-0.2, -0.15) is 0 Å². The highest BCUT2D eigenvalue weighted by Gasteiger charge is 2.45. The van der Waals surface area contributed by atoms with Gasteiger partial charge in [0.2, 0.25) is 0 Å². The highest BCUT2D eigenvalue weighted by molar-refractivity contribution is 6.59. The smallest absolute Gasteiger partial charge is 0.390 e. The lowest BCUT2D eigenvalue weighted by molar-refractivity contribution is 0.181. The fraction of sp³-hybridized carbons (Fsp3) is 1.00. The van der Waals surface area contributed by atoms with E-state index in [9.17, 15) is 0 Å². The first kappa shape index (κ1) is 12.1. The molecular weight excluding hydrogens is 172 g/mol. The van der Waals surface area contributed by atoms with Crippen molar-refractivity contribution >= 4 is 8.80 Å². The molecule has 0 aromatic carbocycles. The lowest BCUT2D eigenvalue weighted by Gasteiger charge is -2.29. The summed E-state index contributed by atoms with van der Waals surface area (Å²) in [5.74, 6) is 0. The normalized spacial score (nSPS) is 13.5. The van der Waals surface area contributed by atoms with E-state index in [1.807, 2.05) is 0 Å². The largest absolute Gasteiger partial charge is 0.498 e. The van der Waals surface area contributed by atoms with E-state index in [0.717, 1.165) is 19.3 Å². The van der Waals surface area contributed by atoms with E-state index in [1.165, 1.54) is 0 Å². The standard InChI is InChI=1S/C8H20O3Si/c1-4-5-6-7-8(2,3)12(9,10)11/h9-11H,4-7H2,1-3H3. The molecule has 0 saturated carbocycles. The molecule has 0 aliphatic heterocycles. The zero-order chi connectivity index (χ0) is 9.83. The number of unbranched alkanes of at least 4 members (excludes halogenated alkanes) is 2. The van der Waals surface area contributed by atoms with Crippen LogP contribution in [0.5, 0.6) is 0 Å². The molecule has 0 aromatic rings. The van der Waals surface area contributed by atoms with Crippen LogP contribution < -0.4 is 0 Å². The molecule has 0 rings (SSSR count). The Hall–Kier alpha value is 0.0969. The third-order valence-electron chi connectivity index (χ3n) is 2.31. The minimum absolute atomic E-state index is 0.677. The maximum atomic E-state index is 9.09. The number of rotatable bonds is 5. The van der Waals surface area contributed by atoms with Gasteiger partial charge in [0.25, 0.3) is 0 Å². The third-order valence-corrected chi connectivity index (χ3v) is 4.38. The van der Waals surface area contributed by atoms with E-state index in [0.29, 0.717) is 6.42 Å². The molecule has 74 valence electrons. The predicted octanol–water partition coefficient (Wildman–Crippen LogP) is 1.26. The van der Waals surface area contributed by atoms with E-state index in [4.69, 9.17) is 14.4 Å². The van der Waals surface area contributed by atoms with Crippen molar-refractivity contribution in [2.24, 2.45) is 0 Å². The zero-order valence-corrected chi connectivity index (χ0v) is 9.17. The van der Waals surface area contributed by atoms with Crippen LogP contribution in [-0.4, -0.2) is 23.2 Å². The fourth-order valence-corrected chi connectivity index (χ4v) is 1.50. The van der Waals surface area contributed by atoms with E-state index in [1.54, 1.807) is 13.8 Å². The molecule has 0 aliphatic carbocycles. The van der Waals surface area contributed by atoms with Gasteiger partial charge in [0.15, 0.2) is 0 Å². The van der Waals surface area contributed by atoms with Crippen molar-refractivity contribution in [2.45, 2.75) is 51.5 Å². The molecule has 0 radical (unpaired) electrons. The molecule has 0 amide bonds. The molecule has 0 spiro atoms. The van der Waals surface area contributed by atoms with Gasteiger partial charge in [-0.25, -0.2) is 0 Å². The summed E-state index contributed by atoms with van der Waals surface area (Å²) in [6, 6.07) is 0. The van der Waals surface area contributed by atoms with Crippen LogP contribution in [0.4, 0.5) is 0 Å². The summed E-state index contributed by atoms with van der Waals surface area (Å²) in [4.78, 5) is 27.3. The second-order valence-corrected chi connectivity index (χ2v) is 6.60. The van der Waals surface area contributed by atoms with Crippen LogP contribution >= 0.6 is 0 Å². The molecule has 0 bridgehead atoms. The van der Waals surface area contributed by atoms with Gasteiger partial charge < -0.3 is 14.4 Å². The molecule has 0 fully saturated rings. The van der Waals surface area contributed by atoms with Gasteiger partial charge in [0.1, 0.15) is 0 Å². The van der Waals surface area contributed by atoms with Gasteiger partial charge in [-0.05, 0) is 6.42 Å². The minimum Gasteiger partial charge on any atom is -0.390 e. The Balaban J connectivity index is 3.88. The molecule has 0 saturated heterocycles. The number of hydrogen-bond acceptors (Lipinski definition) is 3. The van der Waals surface area contributed by atoms with Crippen molar-refractivity contribution in [1.82, 2.24) is 0 Å². The highest BCUT2D eigenvalue weighted by atomic mass is 28.4. The minimum atomic E-state index is -3.93. The van der Waals surface area contributed by atoms with Crippen LogP contribution in [0, 0.1) is 0 Å². The molecule has 0 atom stereocenters. The SMILES string of the molecule is CCCCCC(C)(C)[Si](O)(O)O. The van der Waals surface area contributed by atoms with Crippen LogP contribution in [0.15, 0.2) is 0 Å². The van der Waals surface area contributed by atoms with E-state index < -0.39 is 13.8 Å². The van der Waals surface area contributed by atoms with Crippen molar-refractivity contribution in [3.8, 4) is 0 Å². The van der Waals surface area contributed by atoms with E-state index in [-0.39, 0.29) is 0 Å². The van der Waals surface area contributed by atoms with Gasteiger partial charge in [0.05, 0.1) is 0 Å². The van der Waals surface area contributed by atoms with Crippen molar-refractivity contribution in [3.63, 3.8) is 0 Å². The molecule has 0 aromatic heterocycles. The monoisotopic (exact) mass is 192 g/mol. The van der Waals surface area contributed by atoms with E-state index >= 15 is 0 Å². The van der Waals surface area contributed by atoms with Crippen LogP contribution in [0.2, 0.25) is 5.04 Å². The maximum absolute atomic E-state index is 9.09. The van der Waals surface area contributed by atoms with E-state index in [2.05, 4.69) is 6.92 Å². The van der Waals surface area contributed by atoms with Crippen molar-refractivity contribution in [1.29, 1.82) is 0 Å². The molecule has 12 heavy (non-hydrogen) atoms. The van der Waals surface area contributed by atoms with Crippen LogP contribution in [0.25, 0.3) is 0 Å². The van der Waals surface area contributed by atoms with Crippen LogP contribution in [0.1, 0.15) is 46.5 Å². The Morgan fingerprint density at radius 2 is 1.58 bits per heavy atom. The van der Waals surface area contributed by atoms with Crippen molar-refractivity contribution in [2.75, 3.05) is 0 Å². The maximum Gasteiger partial charge on any atom is 0.498 e. The Labute approximate surface area is 75.4 Å². The topological polar surface area (TPSA) is 60.7 Å². The Bertz CT molecular complexity index is 129. The lowest BCUT2D eigenvalue weighted by atomic mass is 10.0. The first-order valence-electron chi connectivity index (χ1n) is 4.48. The Kier molecular flexibility index (Phi) is 4.40. The molecule has 3 N–H and O–H groups in total. The van der Waals surface area contributed by atoms with Gasteiger partial charge in [-0.3, -0.25) is 0 Å². The second kappa shape index (κ2) is 4.37. The Morgan fingerprint density at radius 1 is 1.08 bits per heavy atom. The summed E-state index contributed by atoms with van der Waals surface area (Å²) in [7, 11) is -3.93. The van der Waals surface area contributed by atoms with Crippen LogP contribution in [-0.2, 0) is 0 Å². The van der Waals surface area contributed by atoms with Crippen LogP contribution in [0.3, 0.4) is 0 Å². The lowest BCUT2D eigenvalue weighted by Crippen LogP contribution is -2.46. The first-order chi connectivity index (χ1) is 5.31. The summed E-state index contributed by atoms with van der Waals surface area (Å²) in [5.41, 5.74) is 0. The van der Waals surface area contributed by atoms with Crippen molar-refractivity contribution in [3.05, 3.63) is 0 Å². The second-order valence-electron chi connectivity index (χ2n) is 3.98. The quantitative estimate of drug-likeness (QED) is 0.454. The average Bonchev–Trinajstić information content (AvgIpc) is 1.85. The average molecular weight is 192 g/mol. The molecule has 3 nitrogen and oxygen atoms in total. The predicted molar refractivity (Wildman–Crippen MR) is 50.6 cm³/mol. The highest BCUT2D eigenvalue weighted by Crippen LogP contribution is 2.37. The van der Waals surface area contributed by atoms with Gasteiger partial charge in [0, 0.05) is 5.04 Å². The molecular formula is C8H20O3Si. The summed E-state index contributed by atoms with van der Waals surface area (Å²) < 4.78 is 0. The first-order valence-corrected chi connectivity index (χ1v) is 6.32. The molecule has 0 unspecified atom stereocenters. The summed E-state index contributed by atoms with van der Waals surface area (Å²) >= 11 is 0. The Morgan fingerprint density at radius 3 is 1.92 bits per heavy atom.